The van der Waals surface area contributed by atoms with E-state index in [4.69, 9.17) is 17.4 Å². The lowest BCUT2D eigenvalue weighted by atomic mass is 10.0. The lowest BCUT2D eigenvalue weighted by molar-refractivity contribution is 0.0707. The number of carbonyl (C=O) groups is 3. The van der Waals surface area contributed by atoms with E-state index in [2.05, 4.69) is 36.1 Å². The zero-order valence-corrected chi connectivity index (χ0v) is 19.5. The third-order valence-electron chi connectivity index (χ3n) is 4.38. The van der Waals surface area contributed by atoms with Crippen LogP contribution in [0.5, 0.6) is 0 Å². The van der Waals surface area contributed by atoms with Crippen LogP contribution in [0, 0.1) is 18.3 Å². The molecule has 3 rings (SSSR count). The standard InChI is InChI=1S/C20H15BrClN7O4/c1-10-6-11(9-23)7-12(19(31)28(24)20(32)33-2)16(10)26-18(30)14-8-15(21)27-29(14)17-13(22)4-3-5-25-17/h3-8H,24H2,1-2H3,(H,26,30). The Kier molecular flexibility index (Phi) is 7.07. The molecule has 11 nitrogen and oxygen atoms in total. The number of nitrogens with one attached hydrogen (secondary N) is 1. The fourth-order valence-electron chi connectivity index (χ4n) is 2.88. The summed E-state index contributed by atoms with van der Waals surface area (Å²) in [7, 11) is 1.05. The molecule has 33 heavy (non-hydrogen) atoms. The second-order valence-electron chi connectivity index (χ2n) is 6.50. The van der Waals surface area contributed by atoms with Crippen LogP contribution in [-0.4, -0.2) is 44.8 Å². The first-order valence-electron chi connectivity index (χ1n) is 9.07. The number of nitrogens with zero attached hydrogens (tertiary/aromatic N) is 5. The van der Waals surface area contributed by atoms with Crippen LogP contribution >= 0.6 is 27.5 Å². The number of ether oxygens (including phenoxy) is 1. The van der Waals surface area contributed by atoms with Gasteiger partial charge in [-0.25, -0.2) is 20.3 Å². The molecule has 168 valence electrons. The van der Waals surface area contributed by atoms with Crippen molar-refractivity contribution in [3.63, 3.8) is 0 Å². The van der Waals surface area contributed by atoms with Gasteiger partial charge in [-0.2, -0.15) is 15.4 Å². The number of nitriles is 1. The van der Waals surface area contributed by atoms with Crippen LogP contribution in [0.1, 0.15) is 32.0 Å². The summed E-state index contributed by atoms with van der Waals surface area (Å²) in [6, 6.07) is 9.24. The van der Waals surface area contributed by atoms with E-state index in [1.165, 1.54) is 29.1 Å². The Labute approximate surface area is 200 Å². The quantitative estimate of drug-likeness (QED) is 0.295. The zero-order valence-electron chi connectivity index (χ0n) is 17.2. The molecule has 0 saturated carbocycles. The predicted molar refractivity (Wildman–Crippen MR) is 121 cm³/mol. The van der Waals surface area contributed by atoms with Gasteiger partial charge in [-0.05, 0) is 52.7 Å². The average molecular weight is 533 g/mol. The number of amides is 3. The summed E-state index contributed by atoms with van der Waals surface area (Å²) in [6.45, 7) is 1.58. The van der Waals surface area contributed by atoms with E-state index in [1.807, 2.05) is 6.07 Å². The Bertz CT molecular complexity index is 1320. The summed E-state index contributed by atoms with van der Waals surface area (Å²) in [5.41, 5.74) is 0.403. The predicted octanol–water partition coefficient (Wildman–Crippen LogP) is 3.20. The number of aryl methyl sites for hydroxylation is 1. The Morgan fingerprint density at radius 2 is 2.06 bits per heavy atom. The number of hydrogen-bond acceptors (Lipinski definition) is 8. The summed E-state index contributed by atoms with van der Waals surface area (Å²) < 4.78 is 6.03. The van der Waals surface area contributed by atoms with Crippen molar-refractivity contribution in [3.05, 3.63) is 68.5 Å². The molecule has 3 N–H and O–H groups in total. The number of rotatable bonds is 4. The number of hydrogen-bond donors (Lipinski definition) is 2. The first-order chi connectivity index (χ1) is 15.7. The highest BCUT2D eigenvalue weighted by molar-refractivity contribution is 9.10. The van der Waals surface area contributed by atoms with Crippen LogP contribution in [0.15, 0.2) is 41.1 Å². The number of pyridine rings is 1. The van der Waals surface area contributed by atoms with Crippen molar-refractivity contribution in [1.29, 1.82) is 5.26 Å². The van der Waals surface area contributed by atoms with E-state index >= 15 is 0 Å². The highest BCUT2D eigenvalue weighted by Gasteiger charge is 2.27. The maximum atomic E-state index is 13.2. The first kappa shape index (κ1) is 23.9. The van der Waals surface area contributed by atoms with Gasteiger partial charge in [-0.1, -0.05) is 11.6 Å². The minimum absolute atomic E-state index is 0.0411. The second kappa shape index (κ2) is 9.78. The van der Waals surface area contributed by atoms with E-state index in [9.17, 15) is 19.6 Å². The molecule has 0 fully saturated rings. The maximum Gasteiger partial charge on any atom is 0.431 e. The minimum Gasteiger partial charge on any atom is -0.451 e. The Morgan fingerprint density at radius 1 is 1.33 bits per heavy atom. The van der Waals surface area contributed by atoms with E-state index in [-0.39, 0.29) is 38.4 Å². The largest absolute Gasteiger partial charge is 0.451 e. The number of carbonyl (C=O) groups excluding carboxylic acids is 3. The molecule has 0 aliphatic heterocycles. The molecule has 0 atom stereocenters. The first-order valence-corrected chi connectivity index (χ1v) is 10.2. The van der Waals surface area contributed by atoms with Gasteiger partial charge in [0.25, 0.3) is 11.8 Å². The van der Waals surface area contributed by atoms with Crippen molar-refractivity contribution in [2.75, 3.05) is 12.4 Å². The molecular weight excluding hydrogens is 518 g/mol. The maximum absolute atomic E-state index is 13.2. The van der Waals surface area contributed by atoms with Gasteiger partial charge in [0, 0.05) is 12.3 Å². The smallest absolute Gasteiger partial charge is 0.431 e. The highest BCUT2D eigenvalue weighted by atomic mass is 79.9. The van der Waals surface area contributed by atoms with Gasteiger partial charge in [-0.15, -0.1) is 0 Å². The van der Waals surface area contributed by atoms with E-state index in [0.29, 0.717) is 10.2 Å². The summed E-state index contributed by atoms with van der Waals surface area (Å²) in [5, 5.41) is 16.6. The van der Waals surface area contributed by atoms with Crippen LogP contribution < -0.4 is 11.2 Å². The van der Waals surface area contributed by atoms with Gasteiger partial charge in [0.15, 0.2) is 5.82 Å². The number of hydrazine groups is 1. The molecule has 1 aromatic carbocycles. The fraction of sp³-hybridized carbons (Fsp3) is 0.100. The van der Waals surface area contributed by atoms with E-state index in [0.717, 1.165) is 7.11 Å². The van der Waals surface area contributed by atoms with Crippen molar-refractivity contribution in [2.45, 2.75) is 6.92 Å². The number of halogens is 2. The van der Waals surface area contributed by atoms with Gasteiger partial charge in [0.2, 0.25) is 0 Å². The fourth-order valence-corrected chi connectivity index (χ4v) is 3.46. The van der Waals surface area contributed by atoms with Crippen molar-refractivity contribution < 1.29 is 19.1 Å². The van der Waals surface area contributed by atoms with Crippen molar-refractivity contribution in [2.24, 2.45) is 5.84 Å². The van der Waals surface area contributed by atoms with Crippen LogP contribution in [0.4, 0.5) is 10.5 Å². The summed E-state index contributed by atoms with van der Waals surface area (Å²) >= 11 is 9.42. The van der Waals surface area contributed by atoms with Crippen LogP contribution in [0.2, 0.25) is 5.02 Å². The summed E-state index contributed by atoms with van der Waals surface area (Å²) in [4.78, 5) is 41.9. The number of anilines is 1. The van der Waals surface area contributed by atoms with Crippen LogP contribution in [0.25, 0.3) is 5.82 Å². The molecule has 0 spiro atoms. The monoisotopic (exact) mass is 531 g/mol. The lowest BCUT2D eigenvalue weighted by Crippen LogP contribution is -2.43. The number of imide groups is 1. The Hall–Kier alpha value is -3.79. The molecule has 3 aromatic rings. The third kappa shape index (κ3) is 4.85. The number of benzene rings is 1. The minimum atomic E-state index is -1.12. The van der Waals surface area contributed by atoms with Gasteiger partial charge in [0.05, 0.1) is 35.0 Å². The topological polar surface area (TPSA) is 156 Å². The lowest BCUT2D eigenvalue weighted by Gasteiger charge is -2.18. The molecule has 13 heteroatoms. The third-order valence-corrected chi connectivity index (χ3v) is 5.06. The molecule has 0 bridgehead atoms. The van der Waals surface area contributed by atoms with Crippen molar-refractivity contribution >= 4 is 51.1 Å². The van der Waals surface area contributed by atoms with Gasteiger partial charge < -0.3 is 10.1 Å². The van der Waals surface area contributed by atoms with Crippen LogP contribution in [-0.2, 0) is 4.74 Å². The molecule has 0 radical (unpaired) electrons. The van der Waals surface area contributed by atoms with Crippen molar-refractivity contribution in [3.8, 4) is 11.9 Å². The van der Waals surface area contributed by atoms with Crippen molar-refractivity contribution in [1.82, 2.24) is 19.8 Å². The second-order valence-corrected chi connectivity index (χ2v) is 7.72. The molecule has 0 aliphatic carbocycles. The van der Waals surface area contributed by atoms with Crippen LogP contribution in [0.3, 0.4) is 0 Å². The zero-order chi connectivity index (χ0) is 24.3. The van der Waals surface area contributed by atoms with Gasteiger partial charge in [-0.3, -0.25) is 9.59 Å². The molecule has 2 heterocycles. The molecular formula is C20H15BrClN7O4. The number of aromatic nitrogens is 3. The molecule has 2 aromatic heterocycles. The number of methoxy groups -OCH3 is 1. The van der Waals surface area contributed by atoms with E-state index in [1.54, 1.807) is 19.1 Å². The summed E-state index contributed by atoms with van der Waals surface area (Å²) in [6.07, 6.45) is 0.368. The van der Waals surface area contributed by atoms with Gasteiger partial charge >= 0.3 is 6.09 Å². The average Bonchev–Trinajstić information content (AvgIpc) is 3.20. The molecule has 0 saturated heterocycles. The molecule has 3 amide bonds. The van der Waals surface area contributed by atoms with Gasteiger partial charge in [0.1, 0.15) is 10.3 Å². The summed E-state index contributed by atoms with van der Waals surface area (Å²) in [5.74, 6) is 4.10. The van der Waals surface area contributed by atoms with E-state index < -0.39 is 17.9 Å². The molecule has 0 unspecified atom stereocenters. The highest BCUT2D eigenvalue weighted by Crippen LogP contribution is 2.27. The Balaban J connectivity index is 2.07. The Morgan fingerprint density at radius 3 is 2.70 bits per heavy atom. The SMILES string of the molecule is COC(=O)N(N)C(=O)c1cc(C#N)cc(C)c1NC(=O)c1cc(Br)nn1-c1ncccc1Cl. The number of nitrogens with two attached hydrogens (primary N) is 1. The molecule has 0 aliphatic rings. The normalized spacial score (nSPS) is 10.3.